The van der Waals surface area contributed by atoms with Gasteiger partial charge >= 0.3 is 12.1 Å². The van der Waals surface area contributed by atoms with E-state index in [9.17, 15) is 18.0 Å². The summed E-state index contributed by atoms with van der Waals surface area (Å²) in [6, 6.07) is 2.31. The number of carbonyl (C=O) groups is 2. The summed E-state index contributed by atoms with van der Waals surface area (Å²) in [6.07, 6.45) is -0.0895. The number of amides is 1. The minimum atomic E-state index is -5.08. The smallest absolute Gasteiger partial charge is 0.475 e. The number of nitrogens with one attached hydrogen (secondary N) is 1. The van der Waals surface area contributed by atoms with E-state index >= 15 is 0 Å². The first kappa shape index (κ1) is 19.2. The number of likely N-dealkylation sites (N-methyl/N-ethyl adjacent to an activating group) is 1. The van der Waals surface area contributed by atoms with Crippen molar-refractivity contribution < 1.29 is 27.9 Å². The second kappa shape index (κ2) is 7.85. The van der Waals surface area contributed by atoms with Crippen molar-refractivity contribution in [2.75, 3.05) is 20.1 Å². The molecule has 2 aliphatic rings. The van der Waals surface area contributed by atoms with Crippen LogP contribution in [0.1, 0.15) is 31.0 Å². The number of carboxylic acid groups (broad SMARTS) is 1. The number of carboxylic acids is 1. The molecule has 140 valence electrons. The molecule has 1 amide bonds. The summed E-state index contributed by atoms with van der Waals surface area (Å²) in [4.78, 5) is 22.9. The van der Waals surface area contributed by atoms with E-state index in [0.717, 1.165) is 13.1 Å². The van der Waals surface area contributed by atoms with Crippen LogP contribution < -0.4 is 5.32 Å². The van der Waals surface area contributed by atoms with Gasteiger partial charge in [-0.05, 0) is 31.9 Å². The Hall–Kier alpha value is -2.10. The largest absolute Gasteiger partial charge is 0.490 e. The average Bonchev–Trinajstić information content (AvgIpc) is 3.18. The van der Waals surface area contributed by atoms with Gasteiger partial charge in [-0.15, -0.1) is 0 Å². The number of halogens is 3. The second-order valence-corrected chi connectivity index (χ2v) is 6.37. The molecule has 0 radical (unpaired) electrons. The van der Waals surface area contributed by atoms with Crippen LogP contribution in [0.15, 0.2) is 12.3 Å². The Morgan fingerprint density at radius 3 is 2.60 bits per heavy atom. The van der Waals surface area contributed by atoms with E-state index in [0.29, 0.717) is 18.9 Å². The normalized spacial score (nSPS) is 20.2. The Labute approximate surface area is 142 Å². The molecule has 1 aliphatic heterocycles. The van der Waals surface area contributed by atoms with Crippen LogP contribution in [0.2, 0.25) is 0 Å². The van der Waals surface area contributed by atoms with Gasteiger partial charge in [0, 0.05) is 32.3 Å². The highest BCUT2D eigenvalue weighted by Crippen LogP contribution is 2.32. The monoisotopic (exact) mass is 362 g/mol. The van der Waals surface area contributed by atoms with Crippen LogP contribution in [0.4, 0.5) is 13.2 Å². The molecule has 1 aromatic rings. The number of hydrogen-bond acceptors (Lipinski definition) is 4. The van der Waals surface area contributed by atoms with E-state index in [2.05, 4.69) is 33.1 Å². The van der Waals surface area contributed by atoms with Crippen molar-refractivity contribution in [3.8, 4) is 0 Å². The Morgan fingerprint density at radius 1 is 1.40 bits per heavy atom. The number of fused-ring (bicyclic) bond motifs is 1. The highest BCUT2D eigenvalue weighted by Gasteiger charge is 2.38. The van der Waals surface area contributed by atoms with Crippen molar-refractivity contribution in [1.29, 1.82) is 0 Å². The summed E-state index contributed by atoms with van der Waals surface area (Å²) in [5, 5.41) is 14.5. The van der Waals surface area contributed by atoms with Gasteiger partial charge in [0.2, 0.25) is 5.91 Å². The van der Waals surface area contributed by atoms with Crippen molar-refractivity contribution in [3.63, 3.8) is 0 Å². The third-order valence-electron chi connectivity index (χ3n) is 4.00. The van der Waals surface area contributed by atoms with Crippen LogP contribution in [0.5, 0.6) is 0 Å². The standard InChI is InChI=1S/C13H20N4O.C2HF3O2/c1-16-8-11-4-5-15-17(11)12(9-16)7-14-13(18)6-10-2-3-10;3-2(4,5)1(6)7/h4-5,10,12H,2-3,6-9H2,1H3,(H,14,18);(H,6,7). The van der Waals surface area contributed by atoms with Crippen molar-refractivity contribution in [2.45, 2.75) is 38.0 Å². The van der Waals surface area contributed by atoms with Crippen molar-refractivity contribution in [3.05, 3.63) is 18.0 Å². The summed E-state index contributed by atoms with van der Waals surface area (Å²) in [5.41, 5.74) is 1.23. The van der Waals surface area contributed by atoms with Crippen LogP contribution in [0.25, 0.3) is 0 Å². The molecule has 1 aliphatic carbocycles. The van der Waals surface area contributed by atoms with Crippen molar-refractivity contribution in [2.24, 2.45) is 5.92 Å². The Morgan fingerprint density at radius 2 is 2.04 bits per heavy atom. The van der Waals surface area contributed by atoms with Gasteiger partial charge < -0.3 is 10.4 Å². The van der Waals surface area contributed by atoms with Crippen molar-refractivity contribution in [1.82, 2.24) is 20.0 Å². The molecule has 0 spiro atoms. The van der Waals surface area contributed by atoms with Gasteiger partial charge in [0.05, 0.1) is 11.7 Å². The maximum absolute atomic E-state index is 11.7. The summed E-state index contributed by atoms with van der Waals surface area (Å²) in [7, 11) is 2.11. The molecule has 2 N–H and O–H groups in total. The molecule has 0 aromatic carbocycles. The molecule has 10 heteroatoms. The number of carbonyl (C=O) groups excluding carboxylic acids is 1. The minimum Gasteiger partial charge on any atom is -0.475 e. The fourth-order valence-electron chi connectivity index (χ4n) is 2.61. The first-order valence-electron chi connectivity index (χ1n) is 7.94. The van der Waals surface area contributed by atoms with Gasteiger partial charge in [-0.3, -0.25) is 14.4 Å². The van der Waals surface area contributed by atoms with E-state index in [4.69, 9.17) is 9.90 Å². The topological polar surface area (TPSA) is 87.5 Å². The number of nitrogens with zero attached hydrogens (tertiary/aromatic N) is 3. The van der Waals surface area contributed by atoms with E-state index in [1.165, 1.54) is 18.5 Å². The first-order chi connectivity index (χ1) is 11.7. The Bertz CT molecular complexity index is 613. The number of rotatable bonds is 4. The fourth-order valence-corrected chi connectivity index (χ4v) is 2.61. The fraction of sp³-hybridized carbons (Fsp3) is 0.667. The average molecular weight is 362 g/mol. The molecule has 1 aromatic heterocycles. The molecule has 1 atom stereocenters. The maximum atomic E-state index is 11.7. The number of alkyl halides is 3. The number of aromatic nitrogens is 2. The van der Waals surface area contributed by atoms with Crippen LogP contribution in [0, 0.1) is 5.92 Å². The summed E-state index contributed by atoms with van der Waals surface area (Å²) >= 11 is 0. The van der Waals surface area contributed by atoms with Crippen LogP contribution in [-0.4, -0.2) is 58.0 Å². The summed E-state index contributed by atoms with van der Waals surface area (Å²) < 4.78 is 33.8. The van der Waals surface area contributed by atoms with Gasteiger partial charge in [-0.25, -0.2) is 4.79 Å². The van der Waals surface area contributed by atoms with E-state index in [1.807, 2.05) is 6.20 Å². The number of hydrogen-bond donors (Lipinski definition) is 2. The predicted octanol–water partition coefficient (Wildman–Crippen LogP) is 1.42. The van der Waals surface area contributed by atoms with Gasteiger partial charge in [-0.2, -0.15) is 18.3 Å². The molecular formula is C15H21F3N4O3. The molecule has 1 saturated carbocycles. The quantitative estimate of drug-likeness (QED) is 0.846. The van der Waals surface area contributed by atoms with Crippen LogP contribution in [-0.2, 0) is 16.1 Å². The zero-order valence-corrected chi connectivity index (χ0v) is 13.8. The molecule has 3 rings (SSSR count). The second-order valence-electron chi connectivity index (χ2n) is 6.37. The summed E-state index contributed by atoms with van der Waals surface area (Å²) in [5.74, 6) is -1.91. The first-order valence-corrected chi connectivity index (χ1v) is 7.94. The predicted molar refractivity (Wildman–Crippen MR) is 81.6 cm³/mol. The molecule has 1 fully saturated rings. The van der Waals surface area contributed by atoms with Gasteiger partial charge in [0.25, 0.3) is 0 Å². The Balaban J connectivity index is 0.000000277. The van der Waals surface area contributed by atoms with Crippen molar-refractivity contribution >= 4 is 11.9 Å². The molecule has 2 heterocycles. The van der Waals surface area contributed by atoms with E-state index in [1.54, 1.807) is 0 Å². The molecule has 0 saturated heterocycles. The SMILES string of the molecule is CN1Cc2ccnn2C(CNC(=O)CC2CC2)C1.O=C(O)C(F)(F)F. The zero-order valence-electron chi connectivity index (χ0n) is 13.8. The van der Waals surface area contributed by atoms with Gasteiger partial charge in [-0.1, -0.05) is 0 Å². The van der Waals surface area contributed by atoms with E-state index in [-0.39, 0.29) is 11.9 Å². The zero-order chi connectivity index (χ0) is 18.6. The lowest BCUT2D eigenvalue weighted by atomic mass is 10.2. The van der Waals surface area contributed by atoms with E-state index < -0.39 is 12.1 Å². The lowest BCUT2D eigenvalue weighted by Crippen LogP contribution is -2.41. The number of aliphatic carboxylic acids is 1. The highest BCUT2D eigenvalue weighted by atomic mass is 19.4. The highest BCUT2D eigenvalue weighted by molar-refractivity contribution is 5.76. The molecular weight excluding hydrogens is 341 g/mol. The van der Waals surface area contributed by atoms with Crippen LogP contribution >= 0.6 is 0 Å². The lowest BCUT2D eigenvalue weighted by Gasteiger charge is -2.31. The summed E-state index contributed by atoms with van der Waals surface area (Å²) in [6.45, 7) is 2.56. The third kappa shape index (κ3) is 6.04. The molecule has 0 bridgehead atoms. The molecule has 7 nitrogen and oxygen atoms in total. The minimum absolute atomic E-state index is 0.194. The van der Waals surface area contributed by atoms with Gasteiger partial charge in [0.15, 0.2) is 0 Å². The Kier molecular flexibility index (Phi) is 6.04. The van der Waals surface area contributed by atoms with Crippen LogP contribution in [0.3, 0.4) is 0 Å². The molecule has 1 unspecified atom stereocenters. The maximum Gasteiger partial charge on any atom is 0.490 e. The molecule has 25 heavy (non-hydrogen) atoms. The van der Waals surface area contributed by atoms with Gasteiger partial charge in [0.1, 0.15) is 0 Å². The lowest BCUT2D eigenvalue weighted by molar-refractivity contribution is -0.192. The third-order valence-corrected chi connectivity index (χ3v) is 4.00.